The van der Waals surface area contributed by atoms with Crippen molar-refractivity contribution in [3.8, 4) is 11.5 Å². The third-order valence-electron chi connectivity index (χ3n) is 1.98. The Kier molecular flexibility index (Phi) is 3.15. The molecule has 6 heteroatoms. The second-order valence-corrected chi connectivity index (χ2v) is 3.16. The third kappa shape index (κ3) is 2.69. The van der Waals surface area contributed by atoms with Crippen LogP contribution < -0.4 is 5.43 Å². The highest BCUT2D eigenvalue weighted by Gasteiger charge is 2.02. The topological polar surface area (TPSA) is 90.6 Å². The quantitative estimate of drug-likeness (QED) is 0.420. The van der Waals surface area contributed by atoms with Gasteiger partial charge in [0.15, 0.2) is 11.5 Å². The smallest absolute Gasteiger partial charge is 0.243 e. The summed E-state index contributed by atoms with van der Waals surface area (Å²) in [5.74, 6) is -0.0552. The lowest BCUT2D eigenvalue weighted by atomic mass is 10.2. The predicted octanol–water partition coefficient (Wildman–Crippen LogP) is 1.33. The van der Waals surface area contributed by atoms with E-state index < -0.39 is 0 Å². The van der Waals surface area contributed by atoms with Gasteiger partial charge in [-0.1, -0.05) is 6.07 Å². The van der Waals surface area contributed by atoms with Crippen molar-refractivity contribution in [3.05, 3.63) is 42.2 Å². The van der Waals surface area contributed by atoms with Gasteiger partial charge in [0.05, 0.1) is 6.21 Å². The summed E-state index contributed by atoms with van der Waals surface area (Å²) in [7, 11) is 0. The zero-order valence-corrected chi connectivity index (χ0v) is 8.78. The Morgan fingerprint density at radius 2 is 1.88 bits per heavy atom. The number of nitrogens with zero attached hydrogens (tertiary/aromatic N) is 3. The standard InChI is InChI=1S/C11H10N4O2/c16-9-4-1-3-8(10(9)17)7-14-15-11-12-5-2-6-13-11/h1-7,16-17H,(H,12,13,15)/b14-7+. The van der Waals surface area contributed by atoms with Crippen molar-refractivity contribution in [1.29, 1.82) is 0 Å². The lowest BCUT2D eigenvalue weighted by molar-refractivity contribution is 0.403. The van der Waals surface area contributed by atoms with Crippen LogP contribution in [0.5, 0.6) is 11.5 Å². The number of phenolic OH excluding ortho intramolecular Hbond substituents is 2. The molecule has 1 heterocycles. The number of aromatic hydroxyl groups is 2. The Bertz CT molecular complexity index is 528. The van der Waals surface area contributed by atoms with Gasteiger partial charge in [-0.2, -0.15) is 5.10 Å². The first-order chi connectivity index (χ1) is 8.27. The first-order valence-corrected chi connectivity index (χ1v) is 4.84. The van der Waals surface area contributed by atoms with E-state index in [1.165, 1.54) is 12.3 Å². The van der Waals surface area contributed by atoms with E-state index in [2.05, 4.69) is 20.5 Å². The summed E-state index contributed by atoms with van der Waals surface area (Å²) in [6.07, 6.45) is 4.53. The van der Waals surface area contributed by atoms with Gasteiger partial charge in [-0.25, -0.2) is 15.4 Å². The molecular formula is C11H10N4O2. The van der Waals surface area contributed by atoms with E-state index in [9.17, 15) is 10.2 Å². The molecule has 0 fully saturated rings. The largest absolute Gasteiger partial charge is 0.504 e. The summed E-state index contributed by atoms with van der Waals surface area (Å²) in [5.41, 5.74) is 2.99. The van der Waals surface area contributed by atoms with E-state index in [0.29, 0.717) is 11.5 Å². The first kappa shape index (κ1) is 10.9. The van der Waals surface area contributed by atoms with Crippen molar-refractivity contribution in [1.82, 2.24) is 9.97 Å². The molecule has 17 heavy (non-hydrogen) atoms. The van der Waals surface area contributed by atoms with Crippen LogP contribution in [0.1, 0.15) is 5.56 Å². The molecule has 0 bridgehead atoms. The molecule has 2 rings (SSSR count). The van der Waals surface area contributed by atoms with Crippen LogP contribution >= 0.6 is 0 Å². The van der Waals surface area contributed by atoms with E-state index >= 15 is 0 Å². The van der Waals surface area contributed by atoms with Crippen molar-refractivity contribution in [2.24, 2.45) is 5.10 Å². The Morgan fingerprint density at radius 3 is 2.65 bits per heavy atom. The Hall–Kier alpha value is -2.63. The highest BCUT2D eigenvalue weighted by molar-refractivity contribution is 5.85. The minimum Gasteiger partial charge on any atom is -0.504 e. The van der Waals surface area contributed by atoms with Crippen LogP contribution in [-0.2, 0) is 0 Å². The van der Waals surface area contributed by atoms with E-state index in [-0.39, 0.29) is 11.5 Å². The van der Waals surface area contributed by atoms with Crippen LogP contribution in [0.25, 0.3) is 0 Å². The van der Waals surface area contributed by atoms with Gasteiger partial charge < -0.3 is 10.2 Å². The maximum atomic E-state index is 9.49. The Morgan fingerprint density at radius 1 is 1.12 bits per heavy atom. The molecule has 0 saturated heterocycles. The summed E-state index contributed by atoms with van der Waals surface area (Å²) in [5, 5.41) is 22.6. The molecule has 3 N–H and O–H groups in total. The monoisotopic (exact) mass is 230 g/mol. The van der Waals surface area contributed by atoms with Crippen molar-refractivity contribution < 1.29 is 10.2 Å². The second-order valence-electron chi connectivity index (χ2n) is 3.16. The van der Waals surface area contributed by atoms with Gasteiger partial charge in [0, 0.05) is 18.0 Å². The van der Waals surface area contributed by atoms with Crippen LogP contribution in [0.15, 0.2) is 41.8 Å². The van der Waals surface area contributed by atoms with Gasteiger partial charge in [-0.3, -0.25) is 0 Å². The van der Waals surface area contributed by atoms with Crippen molar-refractivity contribution in [2.75, 3.05) is 5.43 Å². The lowest BCUT2D eigenvalue weighted by Gasteiger charge is -2.00. The van der Waals surface area contributed by atoms with Gasteiger partial charge in [0.1, 0.15) is 0 Å². The van der Waals surface area contributed by atoms with Crippen LogP contribution in [0, 0.1) is 0 Å². The summed E-state index contributed by atoms with van der Waals surface area (Å²) in [4.78, 5) is 7.80. The average molecular weight is 230 g/mol. The van der Waals surface area contributed by atoms with Gasteiger partial charge >= 0.3 is 0 Å². The molecule has 0 radical (unpaired) electrons. The molecule has 0 saturated carbocycles. The molecule has 0 aliphatic carbocycles. The normalized spacial score (nSPS) is 10.6. The number of hydrazone groups is 1. The van der Waals surface area contributed by atoms with Crippen LogP contribution in [0.4, 0.5) is 5.95 Å². The molecule has 1 aromatic heterocycles. The van der Waals surface area contributed by atoms with E-state index in [1.807, 2.05) is 0 Å². The molecule has 1 aromatic carbocycles. The van der Waals surface area contributed by atoms with Gasteiger partial charge in [-0.05, 0) is 18.2 Å². The molecule has 0 amide bonds. The van der Waals surface area contributed by atoms with E-state index in [0.717, 1.165) is 0 Å². The minimum absolute atomic E-state index is 0.190. The summed E-state index contributed by atoms with van der Waals surface area (Å²) >= 11 is 0. The molecule has 0 aliphatic rings. The number of benzene rings is 1. The first-order valence-electron chi connectivity index (χ1n) is 4.84. The van der Waals surface area contributed by atoms with Crippen LogP contribution in [0.2, 0.25) is 0 Å². The second kappa shape index (κ2) is 4.93. The minimum atomic E-state index is -0.216. The highest BCUT2D eigenvalue weighted by atomic mass is 16.3. The van der Waals surface area contributed by atoms with Crippen molar-refractivity contribution in [2.45, 2.75) is 0 Å². The highest BCUT2D eigenvalue weighted by Crippen LogP contribution is 2.26. The number of hydrogen-bond donors (Lipinski definition) is 3. The number of para-hydroxylation sites is 1. The van der Waals surface area contributed by atoms with Crippen LogP contribution in [-0.4, -0.2) is 26.4 Å². The van der Waals surface area contributed by atoms with Gasteiger partial charge in [0.25, 0.3) is 0 Å². The van der Waals surface area contributed by atoms with Crippen LogP contribution in [0.3, 0.4) is 0 Å². The SMILES string of the molecule is Oc1cccc(/C=N/Nc2ncccn2)c1O. The maximum Gasteiger partial charge on any atom is 0.243 e. The third-order valence-corrected chi connectivity index (χ3v) is 1.98. The summed E-state index contributed by atoms with van der Waals surface area (Å²) in [6.45, 7) is 0. The molecule has 0 atom stereocenters. The van der Waals surface area contributed by atoms with Crippen molar-refractivity contribution in [3.63, 3.8) is 0 Å². The number of hydrogen-bond acceptors (Lipinski definition) is 6. The lowest BCUT2D eigenvalue weighted by Crippen LogP contribution is -1.95. The van der Waals surface area contributed by atoms with E-state index in [4.69, 9.17) is 0 Å². The average Bonchev–Trinajstić information content (AvgIpc) is 2.36. The molecule has 6 nitrogen and oxygen atoms in total. The molecule has 0 unspecified atom stereocenters. The van der Waals surface area contributed by atoms with E-state index in [1.54, 1.807) is 30.6 Å². The molecule has 2 aromatic rings. The fourth-order valence-electron chi connectivity index (χ4n) is 1.17. The number of anilines is 1. The zero-order chi connectivity index (χ0) is 12.1. The summed E-state index contributed by atoms with van der Waals surface area (Å²) < 4.78 is 0. The zero-order valence-electron chi connectivity index (χ0n) is 8.78. The predicted molar refractivity (Wildman–Crippen MR) is 63.0 cm³/mol. The Labute approximate surface area is 97.3 Å². The summed E-state index contributed by atoms with van der Waals surface area (Å²) in [6, 6.07) is 6.30. The maximum absolute atomic E-state index is 9.49. The number of rotatable bonds is 3. The molecule has 0 aliphatic heterocycles. The molecule has 86 valence electrons. The Balaban J connectivity index is 2.09. The number of aromatic nitrogens is 2. The molecule has 0 spiro atoms. The molecular weight excluding hydrogens is 220 g/mol. The number of phenols is 2. The fraction of sp³-hybridized carbons (Fsp3) is 0. The number of nitrogens with one attached hydrogen (secondary N) is 1. The van der Waals surface area contributed by atoms with Gasteiger partial charge in [0.2, 0.25) is 5.95 Å². The van der Waals surface area contributed by atoms with Crippen molar-refractivity contribution >= 4 is 12.2 Å². The fourth-order valence-corrected chi connectivity index (χ4v) is 1.17. The van der Waals surface area contributed by atoms with Gasteiger partial charge in [-0.15, -0.1) is 0 Å².